The first-order valence-corrected chi connectivity index (χ1v) is 6.70. The Morgan fingerprint density at radius 1 is 1.22 bits per heavy atom. The van der Waals surface area contributed by atoms with Gasteiger partial charge in [-0.2, -0.15) is 5.26 Å². The first-order chi connectivity index (χ1) is 8.72. The lowest BCUT2D eigenvalue weighted by molar-refractivity contribution is 1.06. The third kappa shape index (κ3) is 2.88. The van der Waals surface area contributed by atoms with Crippen LogP contribution in [0.2, 0.25) is 0 Å². The number of hydrogen-bond donors (Lipinski definition) is 0. The summed E-state index contributed by atoms with van der Waals surface area (Å²) >= 11 is 1.80. The Kier molecular flexibility index (Phi) is 3.96. The molecule has 0 fully saturated rings. The molecular formula is C14H13N3S. The lowest BCUT2D eigenvalue weighted by Crippen LogP contribution is -1.94. The minimum atomic E-state index is 0.219. The third-order valence-corrected chi connectivity index (χ3v) is 3.31. The molecule has 90 valence electrons. The normalized spacial score (nSPS) is 10.1. The van der Waals surface area contributed by atoms with Gasteiger partial charge in [0.1, 0.15) is 6.07 Å². The van der Waals surface area contributed by atoms with E-state index in [1.807, 2.05) is 31.2 Å². The molecule has 0 spiro atoms. The fourth-order valence-corrected chi connectivity index (χ4v) is 2.32. The topological polar surface area (TPSA) is 49.6 Å². The monoisotopic (exact) mass is 255 g/mol. The first-order valence-electron chi connectivity index (χ1n) is 5.72. The van der Waals surface area contributed by atoms with E-state index in [1.165, 1.54) is 4.90 Å². The summed E-state index contributed by atoms with van der Waals surface area (Å²) < 4.78 is 0. The molecule has 0 atom stereocenters. The molecule has 1 aromatic heterocycles. The largest absolute Gasteiger partial charge is 0.232 e. The van der Waals surface area contributed by atoms with Crippen molar-refractivity contribution in [3.05, 3.63) is 41.9 Å². The summed E-state index contributed by atoms with van der Waals surface area (Å²) in [5.41, 5.74) is 2.62. The Morgan fingerprint density at radius 3 is 2.56 bits per heavy atom. The van der Waals surface area contributed by atoms with Crippen LogP contribution in [0.15, 0.2) is 35.2 Å². The fourth-order valence-electron chi connectivity index (χ4n) is 1.66. The zero-order valence-electron chi connectivity index (χ0n) is 10.3. The smallest absolute Gasteiger partial charge is 0.224 e. The Hall–Kier alpha value is -1.86. The Bertz CT molecular complexity index is 585. The highest BCUT2D eigenvalue weighted by Gasteiger charge is 2.04. The van der Waals surface area contributed by atoms with Crippen LogP contribution in [-0.2, 0) is 0 Å². The molecule has 18 heavy (non-hydrogen) atoms. The van der Waals surface area contributed by atoms with Crippen LogP contribution >= 0.6 is 11.8 Å². The number of rotatable bonds is 3. The van der Waals surface area contributed by atoms with E-state index in [-0.39, 0.29) is 5.82 Å². The van der Waals surface area contributed by atoms with Crippen LogP contribution in [0.25, 0.3) is 11.3 Å². The van der Waals surface area contributed by atoms with Gasteiger partial charge in [0.2, 0.25) is 5.82 Å². The molecule has 1 heterocycles. The number of hydrogen-bond acceptors (Lipinski definition) is 4. The van der Waals surface area contributed by atoms with Crippen LogP contribution in [-0.4, -0.2) is 15.7 Å². The van der Waals surface area contributed by atoms with Crippen molar-refractivity contribution >= 4 is 11.8 Å². The predicted molar refractivity (Wildman–Crippen MR) is 73.3 cm³/mol. The van der Waals surface area contributed by atoms with Gasteiger partial charge in [0.25, 0.3) is 0 Å². The SMILES string of the molecule is CCSc1ccc(-c2cc(C)nc(C#N)n2)cc1. The molecule has 0 N–H and O–H groups in total. The molecule has 2 rings (SSSR count). The van der Waals surface area contributed by atoms with E-state index in [0.29, 0.717) is 0 Å². The molecule has 0 saturated heterocycles. The molecule has 0 radical (unpaired) electrons. The van der Waals surface area contributed by atoms with Gasteiger partial charge in [-0.1, -0.05) is 19.1 Å². The Labute approximate surface area is 111 Å². The van der Waals surface area contributed by atoms with Crippen molar-refractivity contribution in [1.29, 1.82) is 5.26 Å². The van der Waals surface area contributed by atoms with Gasteiger partial charge in [0.05, 0.1) is 5.69 Å². The summed E-state index contributed by atoms with van der Waals surface area (Å²) in [5.74, 6) is 1.28. The molecule has 3 nitrogen and oxygen atoms in total. The van der Waals surface area contributed by atoms with E-state index in [2.05, 4.69) is 29.0 Å². The molecule has 0 aliphatic rings. The van der Waals surface area contributed by atoms with Crippen LogP contribution in [0.1, 0.15) is 18.4 Å². The summed E-state index contributed by atoms with van der Waals surface area (Å²) in [6, 6.07) is 12.1. The van der Waals surface area contributed by atoms with Gasteiger partial charge in [-0.25, -0.2) is 9.97 Å². The zero-order valence-corrected chi connectivity index (χ0v) is 11.2. The van der Waals surface area contributed by atoms with Gasteiger partial charge in [-0.15, -0.1) is 11.8 Å². The van der Waals surface area contributed by atoms with Gasteiger partial charge >= 0.3 is 0 Å². The van der Waals surface area contributed by atoms with Crippen molar-refractivity contribution in [3.8, 4) is 17.3 Å². The van der Waals surface area contributed by atoms with E-state index >= 15 is 0 Å². The number of aromatic nitrogens is 2. The maximum atomic E-state index is 8.87. The number of benzene rings is 1. The van der Waals surface area contributed by atoms with Gasteiger partial charge in [0.15, 0.2) is 0 Å². The van der Waals surface area contributed by atoms with Crippen LogP contribution in [0.3, 0.4) is 0 Å². The van der Waals surface area contributed by atoms with Crippen LogP contribution in [0, 0.1) is 18.3 Å². The van der Waals surface area contributed by atoms with E-state index in [4.69, 9.17) is 5.26 Å². The van der Waals surface area contributed by atoms with Gasteiger partial charge in [-0.05, 0) is 30.9 Å². The van der Waals surface area contributed by atoms with E-state index in [1.54, 1.807) is 11.8 Å². The molecule has 0 aliphatic heterocycles. The Morgan fingerprint density at radius 2 is 1.94 bits per heavy atom. The zero-order chi connectivity index (χ0) is 13.0. The molecule has 0 amide bonds. The molecule has 0 unspecified atom stereocenters. The van der Waals surface area contributed by atoms with Gasteiger partial charge in [-0.3, -0.25) is 0 Å². The van der Waals surface area contributed by atoms with Crippen molar-refractivity contribution in [2.24, 2.45) is 0 Å². The lowest BCUT2D eigenvalue weighted by atomic mass is 10.1. The first kappa shape index (κ1) is 12.6. The molecule has 0 aliphatic carbocycles. The predicted octanol–water partition coefficient (Wildman–Crippen LogP) is 3.44. The van der Waals surface area contributed by atoms with Crippen molar-refractivity contribution in [3.63, 3.8) is 0 Å². The second kappa shape index (κ2) is 5.65. The third-order valence-electron chi connectivity index (χ3n) is 2.42. The van der Waals surface area contributed by atoms with Crippen LogP contribution in [0.4, 0.5) is 0 Å². The molecule has 0 bridgehead atoms. The maximum Gasteiger partial charge on any atom is 0.232 e. The summed E-state index contributed by atoms with van der Waals surface area (Å²) in [4.78, 5) is 9.51. The van der Waals surface area contributed by atoms with E-state index < -0.39 is 0 Å². The van der Waals surface area contributed by atoms with E-state index in [0.717, 1.165) is 22.7 Å². The highest BCUT2D eigenvalue weighted by atomic mass is 32.2. The summed E-state index contributed by atoms with van der Waals surface area (Å²) in [7, 11) is 0. The quantitative estimate of drug-likeness (QED) is 0.788. The minimum Gasteiger partial charge on any atom is -0.224 e. The van der Waals surface area contributed by atoms with Crippen molar-refractivity contribution in [1.82, 2.24) is 9.97 Å². The highest BCUT2D eigenvalue weighted by molar-refractivity contribution is 7.99. The molecule has 2 aromatic rings. The standard InChI is InChI=1S/C14H13N3S/c1-3-18-12-6-4-11(5-7-12)13-8-10(2)16-14(9-15)17-13/h4-8H,3H2,1-2H3. The summed E-state index contributed by atoms with van der Waals surface area (Å²) in [6.07, 6.45) is 0. The van der Waals surface area contributed by atoms with Crippen molar-refractivity contribution < 1.29 is 0 Å². The van der Waals surface area contributed by atoms with Crippen molar-refractivity contribution in [2.45, 2.75) is 18.7 Å². The van der Waals surface area contributed by atoms with Gasteiger partial charge in [0, 0.05) is 16.2 Å². The highest BCUT2D eigenvalue weighted by Crippen LogP contribution is 2.23. The fraction of sp³-hybridized carbons (Fsp3) is 0.214. The molecular weight excluding hydrogens is 242 g/mol. The maximum absolute atomic E-state index is 8.87. The molecule has 0 saturated carbocycles. The lowest BCUT2D eigenvalue weighted by Gasteiger charge is -2.04. The number of nitrogens with zero attached hydrogens (tertiary/aromatic N) is 3. The molecule has 1 aromatic carbocycles. The van der Waals surface area contributed by atoms with Gasteiger partial charge < -0.3 is 0 Å². The van der Waals surface area contributed by atoms with E-state index in [9.17, 15) is 0 Å². The second-order valence-corrected chi connectivity index (χ2v) is 5.12. The number of nitriles is 1. The number of aryl methyl sites for hydroxylation is 1. The average Bonchev–Trinajstić information content (AvgIpc) is 2.39. The Balaban J connectivity index is 2.36. The van der Waals surface area contributed by atoms with Crippen molar-refractivity contribution in [2.75, 3.05) is 5.75 Å². The number of thioether (sulfide) groups is 1. The summed E-state index contributed by atoms with van der Waals surface area (Å²) in [5, 5.41) is 8.87. The van der Waals surface area contributed by atoms with Crippen LogP contribution < -0.4 is 0 Å². The minimum absolute atomic E-state index is 0.219. The van der Waals surface area contributed by atoms with Crippen LogP contribution in [0.5, 0.6) is 0 Å². The summed E-state index contributed by atoms with van der Waals surface area (Å²) in [6.45, 7) is 4.00. The molecule has 4 heteroatoms. The second-order valence-electron chi connectivity index (χ2n) is 3.79. The average molecular weight is 255 g/mol.